The fourth-order valence-corrected chi connectivity index (χ4v) is 3.12. The molecule has 0 bridgehead atoms. The van der Waals surface area contributed by atoms with Gasteiger partial charge in [-0.25, -0.2) is 4.39 Å². The van der Waals surface area contributed by atoms with Crippen molar-refractivity contribution in [1.29, 1.82) is 0 Å². The van der Waals surface area contributed by atoms with Crippen molar-refractivity contribution < 1.29 is 13.6 Å². The lowest BCUT2D eigenvalue weighted by Crippen LogP contribution is -2.12. The van der Waals surface area contributed by atoms with Crippen LogP contribution >= 0.6 is 15.9 Å². The molecule has 1 aromatic heterocycles. The molecule has 7 heteroatoms. The number of amides is 1. The highest BCUT2D eigenvalue weighted by Gasteiger charge is 2.13. The number of aromatic nitrogens is 2. The molecule has 3 aromatic carbocycles. The Morgan fingerprint density at radius 3 is 2.38 bits per heavy atom. The molecular formula is C22H15BrFN3O2. The second-order valence-electron chi connectivity index (χ2n) is 6.44. The molecule has 4 aromatic rings. The summed E-state index contributed by atoms with van der Waals surface area (Å²) >= 11 is 3.18. The lowest BCUT2D eigenvalue weighted by molar-refractivity contribution is 0.102. The van der Waals surface area contributed by atoms with Gasteiger partial charge in [0.05, 0.1) is 5.69 Å². The Morgan fingerprint density at radius 1 is 0.966 bits per heavy atom. The van der Waals surface area contributed by atoms with E-state index in [2.05, 4.69) is 31.4 Å². The number of hydrogen-bond acceptors (Lipinski definition) is 4. The minimum absolute atomic E-state index is 0.113. The van der Waals surface area contributed by atoms with Crippen LogP contribution in [0.4, 0.5) is 10.1 Å². The van der Waals surface area contributed by atoms with E-state index in [1.165, 1.54) is 12.1 Å². The highest BCUT2D eigenvalue weighted by atomic mass is 79.9. The summed E-state index contributed by atoms with van der Waals surface area (Å²) in [6, 6.07) is 18.9. The summed E-state index contributed by atoms with van der Waals surface area (Å²) in [5, 5.41) is 10.7. The molecule has 4 rings (SSSR count). The highest BCUT2D eigenvalue weighted by molar-refractivity contribution is 9.10. The Labute approximate surface area is 174 Å². The van der Waals surface area contributed by atoms with E-state index in [4.69, 9.17) is 4.42 Å². The number of nitrogens with zero attached hydrogens (tertiary/aromatic N) is 2. The second-order valence-corrected chi connectivity index (χ2v) is 7.35. The maximum atomic E-state index is 13.9. The lowest BCUT2D eigenvalue weighted by atomic mass is 10.1. The van der Waals surface area contributed by atoms with E-state index in [9.17, 15) is 9.18 Å². The van der Waals surface area contributed by atoms with Crippen LogP contribution in [0.1, 0.15) is 15.9 Å². The van der Waals surface area contributed by atoms with Crippen LogP contribution in [-0.4, -0.2) is 16.1 Å². The van der Waals surface area contributed by atoms with Crippen LogP contribution in [0.25, 0.3) is 22.9 Å². The summed E-state index contributed by atoms with van der Waals surface area (Å²) in [6.07, 6.45) is 0. The molecule has 0 fully saturated rings. The molecule has 1 heterocycles. The number of halogens is 2. The van der Waals surface area contributed by atoms with Crippen molar-refractivity contribution in [2.45, 2.75) is 6.92 Å². The largest absolute Gasteiger partial charge is 0.416 e. The SMILES string of the molecule is Cc1cccc(-c2nnc(-c3ccc(C(=O)Nc4ccc(Br)cc4F)cc3)o2)c1. The van der Waals surface area contributed by atoms with Gasteiger partial charge >= 0.3 is 0 Å². The van der Waals surface area contributed by atoms with Gasteiger partial charge in [0.1, 0.15) is 5.82 Å². The predicted molar refractivity (Wildman–Crippen MR) is 112 cm³/mol. The normalized spacial score (nSPS) is 10.7. The maximum absolute atomic E-state index is 13.9. The molecule has 0 aliphatic heterocycles. The van der Waals surface area contributed by atoms with Gasteiger partial charge < -0.3 is 9.73 Å². The van der Waals surface area contributed by atoms with Crippen LogP contribution in [0.5, 0.6) is 0 Å². The van der Waals surface area contributed by atoms with Crippen LogP contribution in [0.15, 0.2) is 75.6 Å². The monoisotopic (exact) mass is 451 g/mol. The van der Waals surface area contributed by atoms with E-state index in [0.717, 1.165) is 11.1 Å². The van der Waals surface area contributed by atoms with Gasteiger partial charge in [-0.15, -0.1) is 10.2 Å². The van der Waals surface area contributed by atoms with Crippen molar-refractivity contribution in [2.75, 3.05) is 5.32 Å². The smallest absolute Gasteiger partial charge is 0.255 e. The molecule has 0 atom stereocenters. The molecule has 1 amide bonds. The van der Waals surface area contributed by atoms with Gasteiger partial charge in [-0.2, -0.15) is 0 Å². The van der Waals surface area contributed by atoms with Gasteiger partial charge in [-0.3, -0.25) is 4.79 Å². The topological polar surface area (TPSA) is 68.0 Å². The van der Waals surface area contributed by atoms with E-state index in [1.807, 2.05) is 31.2 Å². The standard InChI is InChI=1S/C22H15BrFN3O2/c1-13-3-2-4-16(11-13)22-27-26-21(29-22)15-7-5-14(6-8-15)20(28)25-19-10-9-17(23)12-18(19)24/h2-12H,1H3,(H,25,28). The number of anilines is 1. The molecule has 29 heavy (non-hydrogen) atoms. The minimum Gasteiger partial charge on any atom is -0.416 e. The molecule has 0 saturated carbocycles. The molecular weight excluding hydrogens is 437 g/mol. The third kappa shape index (κ3) is 4.25. The molecule has 1 N–H and O–H groups in total. The van der Waals surface area contributed by atoms with Crippen LogP contribution in [-0.2, 0) is 0 Å². The first-order valence-corrected chi connectivity index (χ1v) is 9.56. The van der Waals surface area contributed by atoms with E-state index in [0.29, 0.717) is 27.4 Å². The van der Waals surface area contributed by atoms with Crippen LogP contribution in [0.3, 0.4) is 0 Å². The number of hydrogen-bond donors (Lipinski definition) is 1. The lowest BCUT2D eigenvalue weighted by Gasteiger charge is -2.07. The minimum atomic E-state index is -0.515. The van der Waals surface area contributed by atoms with Gasteiger partial charge in [-0.1, -0.05) is 33.6 Å². The van der Waals surface area contributed by atoms with E-state index >= 15 is 0 Å². The first-order valence-electron chi connectivity index (χ1n) is 8.77. The number of carbonyl (C=O) groups is 1. The second kappa shape index (κ2) is 7.97. The Hall–Kier alpha value is -3.32. The molecule has 5 nitrogen and oxygen atoms in total. The Kier molecular flexibility index (Phi) is 5.22. The molecule has 0 aliphatic carbocycles. The van der Waals surface area contributed by atoms with E-state index in [-0.39, 0.29) is 5.69 Å². The predicted octanol–water partition coefficient (Wildman–Crippen LogP) is 5.87. The van der Waals surface area contributed by atoms with Crippen LogP contribution < -0.4 is 5.32 Å². The van der Waals surface area contributed by atoms with Crippen molar-refractivity contribution >= 4 is 27.5 Å². The third-order valence-electron chi connectivity index (χ3n) is 4.26. The molecule has 0 aliphatic rings. The summed E-state index contributed by atoms with van der Waals surface area (Å²) in [4.78, 5) is 12.4. The average molecular weight is 452 g/mol. The Balaban J connectivity index is 1.51. The molecule has 0 radical (unpaired) electrons. The number of aryl methyl sites for hydroxylation is 1. The van der Waals surface area contributed by atoms with Gasteiger partial charge in [0.15, 0.2) is 0 Å². The first-order chi connectivity index (χ1) is 14.0. The first kappa shape index (κ1) is 19.0. The van der Waals surface area contributed by atoms with Crippen molar-refractivity contribution in [2.24, 2.45) is 0 Å². The average Bonchev–Trinajstić information content (AvgIpc) is 3.20. The number of nitrogens with one attached hydrogen (secondary N) is 1. The molecule has 0 saturated heterocycles. The number of carbonyl (C=O) groups excluding carboxylic acids is 1. The number of rotatable bonds is 4. The summed E-state index contributed by atoms with van der Waals surface area (Å²) in [5.41, 5.74) is 3.12. The maximum Gasteiger partial charge on any atom is 0.255 e. The quantitative estimate of drug-likeness (QED) is 0.421. The fraction of sp³-hybridized carbons (Fsp3) is 0.0455. The summed E-state index contributed by atoms with van der Waals surface area (Å²) in [6.45, 7) is 1.99. The zero-order chi connectivity index (χ0) is 20.4. The zero-order valence-electron chi connectivity index (χ0n) is 15.3. The van der Waals surface area contributed by atoms with Gasteiger partial charge in [-0.05, 0) is 61.5 Å². The Morgan fingerprint density at radius 2 is 1.69 bits per heavy atom. The van der Waals surface area contributed by atoms with Crippen LogP contribution in [0, 0.1) is 12.7 Å². The number of benzene rings is 3. The Bertz CT molecular complexity index is 1190. The fourth-order valence-electron chi connectivity index (χ4n) is 2.78. The van der Waals surface area contributed by atoms with Crippen molar-refractivity contribution in [3.63, 3.8) is 0 Å². The van der Waals surface area contributed by atoms with Gasteiger partial charge in [0.25, 0.3) is 5.91 Å². The summed E-state index contributed by atoms with van der Waals surface area (Å²) < 4.78 is 20.3. The highest BCUT2D eigenvalue weighted by Crippen LogP contribution is 2.25. The zero-order valence-corrected chi connectivity index (χ0v) is 16.9. The van der Waals surface area contributed by atoms with Crippen LogP contribution in [0.2, 0.25) is 0 Å². The molecule has 0 unspecified atom stereocenters. The van der Waals surface area contributed by atoms with Crippen molar-refractivity contribution in [3.8, 4) is 22.9 Å². The summed E-state index contributed by atoms with van der Waals surface area (Å²) in [5.74, 6) is -0.147. The van der Waals surface area contributed by atoms with Crippen molar-refractivity contribution in [1.82, 2.24) is 10.2 Å². The summed E-state index contributed by atoms with van der Waals surface area (Å²) in [7, 11) is 0. The molecule has 144 valence electrons. The third-order valence-corrected chi connectivity index (χ3v) is 4.76. The van der Waals surface area contributed by atoms with Crippen molar-refractivity contribution in [3.05, 3.63) is 88.1 Å². The molecule has 0 spiro atoms. The van der Waals surface area contributed by atoms with E-state index < -0.39 is 11.7 Å². The van der Waals surface area contributed by atoms with Gasteiger partial charge in [0.2, 0.25) is 11.8 Å². The van der Waals surface area contributed by atoms with E-state index in [1.54, 1.807) is 30.3 Å². The van der Waals surface area contributed by atoms with Gasteiger partial charge in [0, 0.05) is 21.2 Å².